The van der Waals surface area contributed by atoms with Crippen LogP contribution in [0.1, 0.15) is 5.56 Å². The van der Waals surface area contributed by atoms with Crippen LogP contribution in [0.4, 0.5) is 13.2 Å². The van der Waals surface area contributed by atoms with E-state index in [9.17, 15) is 18.0 Å². The predicted octanol–water partition coefficient (Wildman–Crippen LogP) is 2.88. The summed E-state index contributed by atoms with van der Waals surface area (Å²) in [6, 6.07) is 4.16. The average molecular weight is 350 g/mol. The Kier molecular flexibility index (Phi) is 4.35. The molecule has 5 nitrogen and oxygen atoms in total. The predicted molar refractivity (Wildman–Crippen MR) is 84.5 cm³/mol. The number of benzene rings is 2. The number of halogens is 3. The van der Waals surface area contributed by atoms with Gasteiger partial charge in [0.25, 0.3) is 5.56 Å². The maximum atomic E-state index is 13.8. The van der Waals surface area contributed by atoms with Gasteiger partial charge in [0.2, 0.25) is 0 Å². The summed E-state index contributed by atoms with van der Waals surface area (Å²) in [5, 5.41) is 0.225. The van der Waals surface area contributed by atoms with E-state index < -0.39 is 23.0 Å². The van der Waals surface area contributed by atoms with Gasteiger partial charge in [-0.1, -0.05) is 0 Å². The van der Waals surface area contributed by atoms with Crippen molar-refractivity contribution in [3.63, 3.8) is 0 Å². The van der Waals surface area contributed by atoms with Crippen molar-refractivity contribution in [1.29, 1.82) is 0 Å². The molecule has 0 saturated carbocycles. The second kappa shape index (κ2) is 6.46. The molecular formula is C17H13F3N2O3. The Bertz CT molecular complexity index is 1020. The van der Waals surface area contributed by atoms with Crippen LogP contribution < -0.4 is 15.0 Å². The Morgan fingerprint density at radius 1 is 0.960 bits per heavy atom. The van der Waals surface area contributed by atoms with Gasteiger partial charge >= 0.3 is 0 Å². The molecule has 130 valence electrons. The minimum absolute atomic E-state index is 0.164. The number of rotatable bonds is 4. The summed E-state index contributed by atoms with van der Waals surface area (Å²) in [5.74, 6) is -2.68. The maximum absolute atomic E-state index is 13.8. The van der Waals surface area contributed by atoms with Gasteiger partial charge in [0, 0.05) is 17.7 Å². The lowest BCUT2D eigenvalue weighted by atomic mass is 10.2. The topological polar surface area (TPSA) is 53.4 Å². The molecule has 8 heteroatoms. The van der Waals surface area contributed by atoms with E-state index in [0.717, 1.165) is 10.6 Å². The van der Waals surface area contributed by atoms with E-state index in [2.05, 4.69) is 4.98 Å². The molecule has 2 aromatic carbocycles. The molecule has 0 bridgehead atoms. The third kappa shape index (κ3) is 3.02. The molecule has 3 aromatic rings. The molecule has 0 N–H and O–H groups in total. The highest BCUT2D eigenvalue weighted by Gasteiger charge is 2.14. The van der Waals surface area contributed by atoms with E-state index in [-0.39, 0.29) is 17.5 Å². The van der Waals surface area contributed by atoms with Crippen molar-refractivity contribution < 1.29 is 22.6 Å². The summed E-state index contributed by atoms with van der Waals surface area (Å²) in [5.41, 5.74) is -0.276. The molecule has 0 radical (unpaired) electrons. The third-order valence-electron chi connectivity index (χ3n) is 3.76. The molecule has 0 aliphatic carbocycles. The number of methoxy groups -OCH3 is 2. The molecule has 0 unspecified atom stereocenters. The zero-order valence-electron chi connectivity index (χ0n) is 13.3. The molecular weight excluding hydrogens is 337 g/mol. The number of hydrogen-bond acceptors (Lipinski definition) is 4. The number of ether oxygens (including phenoxy) is 2. The minimum atomic E-state index is -1.29. The van der Waals surface area contributed by atoms with Gasteiger partial charge in [-0.15, -0.1) is 0 Å². The van der Waals surface area contributed by atoms with Crippen LogP contribution in [0.3, 0.4) is 0 Å². The Balaban J connectivity index is 2.11. The fourth-order valence-corrected chi connectivity index (χ4v) is 2.47. The second-order valence-electron chi connectivity index (χ2n) is 5.26. The first kappa shape index (κ1) is 16.8. The van der Waals surface area contributed by atoms with E-state index >= 15 is 0 Å². The van der Waals surface area contributed by atoms with Crippen molar-refractivity contribution in [2.75, 3.05) is 14.2 Å². The van der Waals surface area contributed by atoms with Crippen LogP contribution >= 0.6 is 0 Å². The molecule has 3 rings (SSSR count). The van der Waals surface area contributed by atoms with Crippen molar-refractivity contribution in [1.82, 2.24) is 9.55 Å². The van der Waals surface area contributed by atoms with Crippen molar-refractivity contribution >= 4 is 10.9 Å². The molecule has 0 atom stereocenters. The molecule has 1 heterocycles. The minimum Gasteiger partial charge on any atom is -0.493 e. The number of aromatic nitrogens is 2. The number of nitrogens with zero attached hydrogens (tertiary/aromatic N) is 2. The third-order valence-corrected chi connectivity index (χ3v) is 3.76. The van der Waals surface area contributed by atoms with Crippen LogP contribution in [-0.2, 0) is 6.54 Å². The standard InChI is InChI=1S/C17H13F3N2O3/c1-24-15-4-10-14(6-16(15)25-2)21-8-22(17(10)23)7-9-3-12(19)13(20)5-11(9)18/h3-6,8H,7H2,1-2H3. The fourth-order valence-electron chi connectivity index (χ4n) is 2.47. The summed E-state index contributed by atoms with van der Waals surface area (Å²) in [4.78, 5) is 16.7. The maximum Gasteiger partial charge on any atom is 0.261 e. The second-order valence-corrected chi connectivity index (χ2v) is 5.26. The highest BCUT2D eigenvalue weighted by molar-refractivity contribution is 5.81. The Hall–Kier alpha value is -3.03. The molecule has 0 fully saturated rings. The van der Waals surface area contributed by atoms with Gasteiger partial charge < -0.3 is 9.47 Å². The molecule has 0 aliphatic heterocycles. The van der Waals surface area contributed by atoms with Crippen LogP contribution in [0.5, 0.6) is 11.5 Å². The zero-order valence-corrected chi connectivity index (χ0v) is 13.3. The normalized spacial score (nSPS) is 10.9. The summed E-state index contributed by atoms with van der Waals surface area (Å²) in [7, 11) is 2.88. The van der Waals surface area contributed by atoms with Crippen LogP contribution in [0.2, 0.25) is 0 Å². The largest absolute Gasteiger partial charge is 0.493 e. The van der Waals surface area contributed by atoms with Gasteiger partial charge in [0.05, 0.1) is 38.0 Å². The molecule has 1 aromatic heterocycles. The number of hydrogen-bond donors (Lipinski definition) is 0. The number of fused-ring (bicyclic) bond motifs is 1. The van der Waals surface area contributed by atoms with Gasteiger partial charge in [-0.25, -0.2) is 18.2 Å². The van der Waals surface area contributed by atoms with Crippen molar-refractivity contribution in [2.24, 2.45) is 0 Å². The Morgan fingerprint density at radius 3 is 2.28 bits per heavy atom. The van der Waals surface area contributed by atoms with E-state index in [4.69, 9.17) is 9.47 Å². The lowest BCUT2D eigenvalue weighted by Crippen LogP contribution is -2.22. The van der Waals surface area contributed by atoms with Gasteiger partial charge in [-0.3, -0.25) is 9.36 Å². The van der Waals surface area contributed by atoms with Gasteiger partial charge in [0.15, 0.2) is 23.1 Å². The van der Waals surface area contributed by atoms with Crippen LogP contribution in [-0.4, -0.2) is 23.8 Å². The quantitative estimate of drug-likeness (QED) is 0.679. The molecule has 0 amide bonds. The van der Waals surface area contributed by atoms with Crippen molar-refractivity contribution in [3.8, 4) is 11.5 Å². The van der Waals surface area contributed by atoms with Crippen LogP contribution in [0, 0.1) is 17.5 Å². The SMILES string of the molecule is COc1cc2ncn(Cc3cc(F)c(F)cc3F)c(=O)c2cc1OC. The summed E-state index contributed by atoms with van der Waals surface area (Å²) >= 11 is 0. The monoisotopic (exact) mass is 350 g/mol. The first-order valence-electron chi connectivity index (χ1n) is 7.19. The smallest absolute Gasteiger partial charge is 0.261 e. The summed E-state index contributed by atoms with van der Waals surface area (Å²) in [6.45, 7) is -0.293. The molecule has 0 spiro atoms. The Labute approximate surface area is 140 Å². The van der Waals surface area contributed by atoms with E-state index in [0.29, 0.717) is 23.1 Å². The van der Waals surface area contributed by atoms with Gasteiger partial charge in [-0.2, -0.15) is 0 Å². The Morgan fingerprint density at radius 2 is 1.60 bits per heavy atom. The summed E-state index contributed by atoms with van der Waals surface area (Å²) in [6.07, 6.45) is 1.21. The highest BCUT2D eigenvalue weighted by atomic mass is 19.2. The first-order valence-corrected chi connectivity index (χ1v) is 7.19. The zero-order chi connectivity index (χ0) is 18.1. The van der Waals surface area contributed by atoms with Crippen molar-refractivity contribution in [3.05, 3.63) is 64.0 Å². The molecule has 0 saturated heterocycles. The van der Waals surface area contributed by atoms with Crippen LogP contribution in [0.15, 0.2) is 35.4 Å². The fraction of sp³-hybridized carbons (Fsp3) is 0.176. The highest BCUT2D eigenvalue weighted by Crippen LogP contribution is 2.29. The summed E-state index contributed by atoms with van der Waals surface area (Å²) < 4.78 is 51.5. The lowest BCUT2D eigenvalue weighted by Gasteiger charge is -2.11. The van der Waals surface area contributed by atoms with E-state index in [1.807, 2.05) is 0 Å². The average Bonchev–Trinajstić information content (AvgIpc) is 2.60. The van der Waals surface area contributed by atoms with Crippen molar-refractivity contribution in [2.45, 2.75) is 6.54 Å². The molecule has 25 heavy (non-hydrogen) atoms. The van der Waals surface area contributed by atoms with Crippen LogP contribution in [0.25, 0.3) is 10.9 Å². The van der Waals surface area contributed by atoms with E-state index in [1.165, 1.54) is 32.7 Å². The lowest BCUT2D eigenvalue weighted by molar-refractivity contribution is 0.355. The molecule has 0 aliphatic rings. The first-order chi connectivity index (χ1) is 11.9. The van der Waals surface area contributed by atoms with Gasteiger partial charge in [-0.05, 0) is 12.1 Å². The van der Waals surface area contributed by atoms with Gasteiger partial charge in [0.1, 0.15) is 5.82 Å². The van der Waals surface area contributed by atoms with E-state index in [1.54, 1.807) is 0 Å².